The minimum absolute atomic E-state index is 0. The third kappa shape index (κ3) is 295. The van der Waals surface area contributed by atoms with Crippen LogP contribution < -0.4 is 0 Å². The van der Waals surface area contributed by atoms with Gasteiger partial charge in [-0.3, -0.25) is 0 Å². The molecule has 0 aromatic heterocycles. The van der Waals surface area contributed by atoms with Crippen molar-refractivity contribution in [1.82, 2.24) is 0 Å². The Bertz CT molecular complexity index is 143. The number of hydrogen-bond acceptors (Lipinski definition) is 2. The summed E-state index contributed by atoms with van der Waals surface area (Å²) in [6, 6.07) is 0. The predicted molar refractivity (Wildman–Crippen MR) is 46.4 cm³/mol. The third-order valence-corrected chi connectivity index (χ3v) is 0. The van der Waals surface area contributed by atoms with Crippen molar-refractivity contribution in [3.63, 3.8) is 0 Å². The van der Waals surface area contributed by atoms with E-state index in [4.69, 9.17) is 38.5 Å². The van der Waals surface area contributed by atoms with E-state index in [0.29, 0.717) is 0 Å². The zero-order valence-electron chi connectivity index (χ0n) is 7.60. The van der Waals surface area contributed by atoms with Gasteiger partial charge in [-0.05, 0) is 0 Å². The summed E-state index contributed by atoms with van der Waals surface area (Å²) in [5.74, 6) is 0. The summed E-state index contributed by atoms with van der Waals surface area (Å²) < 4.78 is 17.8. The van der Waals surface area contributed by atoms with E-state index in [0.717, 1.165) is 0 Å². The van der Waals surface area contributed by atoms with Gasteiger partial charge in [0.15, 0.2) is 17.4 Å². The molecule has 0 fully saturated rings. The van der Waals surface area contributed by atoms with Gasteiger partial charge in [0.25, 0.3) is 0 Å². The zero-order valence-corrected chi connectivity index (χ0v) is 12.1. The molecule has 78 valence electrons. The van der Waals surface area contributed by atoms with E-state index >= 15 is 0 Å². The Morgan fingerprint density at radius 2 is 0.769 bits per heavy atom. The summed E-state index contributed by atoms with van der Waals surface area (Å²) in [6.07, 6.45) is 0. The van der Waals surface area contributed by atoms with Gasteiger partial charge in [0, 0.05) is 26.2 Å². The molecule has 0 saturated heterocycles. The maximum atomic E-state index is 8.88. The van der Waals surface area contributed by atoms with Crippen LogP contribution in [0.4, 0.5) is 0 Å². The van der Waals surface area contributed by atoms with E-state index in [2.05, 4.69) is 0 Å². The Kier molecular flexibility index (Phi) is 29.6. The van der Waals surface area contributed by atoms with E-state index in [1.54, 1.807) is 0 Å². The van der Waals surface area contributed by atoms with Crippen LogP contribution in [0.1, 0.15) is 2.85 Å². The Labute approximate surface area is 136 Å². The molecule has 0 unspecified atom stereocenters. The maximum absolute atomic E-state index is 8.88. The average Bonchev–Trinajstić information content (AvgIpc) is 1.12. The first-order valence-corrected chi connectivity index (χ1v) is 4.70. The van der Waals surface area contributed by atoms with E-state index < -0.39 is 15.6 Å². The van der Waals surface area contributed by atoms with Crippen LogP contribution in [0.15, 0.2) is 0 Å². The van der Waals surface area contributed by atoms with Crippen molar-refractivity contribution >= 4 is 70.7 Å². The monoisotopic (exact) mass is 358 g/mol. The van der Waals surface area contributed by atoms with Crippen molar-refractivity contribution < 1.29 is 67.5 Å². The average molecular weight is 359 g/mol. The Balaban J connectivity index is -0.0000000128. The van der Waals surface area contributed by atoms with Crippen molar-refractivity contribution in [2.75, 3.05) is 0 Å². The Hall–Kier alpha value is 2.90. The third-order valence-electron chi connectivity index (χ3n) is 0. The summed E-state index contributed by atoms with van der Waals surface area (Å²) in [5, 5.41) is 0. The van der Waals surface area contributed by atoms with Gasteiger partial charge in [-0.25, -0.2) is 9.13 Å². The quantitative estimate of drug-likeness (QED) is 0.195. The van der Waals surface area contributed by atoms with Crippen LogP contribution in [-0.2, 0) is 35.3 Å². The van der Waals surface area contributed by atoms with Gasteiger partial charge < -0.3 is 32.2 Å². The van der Waals surface area contributed by atoms with Crippen LogP contribution >= 0.6 is 15.6 Å². The van der Waals surface area contributed by atoms with Crippen molar-refractivity contribution in [3.05, 3.63) is 0 Å². The first-order chi connectivity index (χ1) is 4.00. The van der Waals surface area contributed by atoms with Crippen LogP contribution in [0.25, 0.3) is 0 Å². The van der Waals surface area contributed by atoms with Crippen LogP contribution in [-0.4, -0.2) is 84.5 Å². The van der Waals surface area contributed by atoms with Gasteiger partial charge >= 0.3 is 53.4 Å². The summed E-state index contributed by atoms with van der Waals surface area (Å²) in [6.45, 7) is 0. The molecule has 0 aliphatic heterocycles. The normalized spacial score (nSPS) is 9.08. The molecule has 13 heteroatoms. The molecular weight excluding hydrogens is 348 g/mol. The molecule has 0 aromatic carbocycles. The zero-order chi connectivity index (χ0) is 9.00. The molecule has 0 spiro atoms. The second kappa shape index (κ2) is 13.0. The molecule has 0 aromatic rings. The molecule has 0 saturated carbocycles. The van der Waals surface area contributed by atoms with E-state index in [-0.39, 0.29) is 84.2 Å². The minimum Gasteiger partial charge on any atom is -1.00 e. The van der Waals surface area contributed by atoms with Gasteiger partial charge in [-0.15, -0.1) is 0 Å². The van der Waals surface area contributed by atoms with Crippen molar-refractivity contribution in [3.8, 4) is 0 Å². The van der Waals surface area contributed by atoms with Crippen LogP contribution in [0.3, 0.4) is 0 Å². The summed E-state index contributed by atoms with van der Waals surface area (Å²) in [4.78, 5) is 43.1. The molecule has 0 aliphatic rings. The molecular formula is H11AlCaO8P2Zr. The fraction of sp³-hybridized carbons (Fsp3) is 0. The fourth-order valence-electron chi connectivity index (χ4n) is 0. The molecule has 0 heterocycles. The van der Waals surface area contributed by atoms with Gasteiger partial charge in [0.1, 0.15) is 0 Å². The summed E-state index contributed by atoms with van der Waals surface area (Å²) in [5.41, 5.74) is 0. The van der Waals surface area contributed by atoms with Crippen LogP contribution in [0, 0.1) is 0 Å². The molecule has 8 nitrogen and oxygen atoms in total. The fourth-order valence-corrected chi connectivity index (χ4v) is 0. The first-order valence-electron chi connectivity index (χ1n) is 1.57. The van der Waals surface area contributed by atoms with E-state index in [1.807, 2.05) is 0 Å². The second-order valence-corrected chi connectivity index (χ2v) is 3.08. The van der Waals surface area contributed by atoms with E-state index in [9.17, 15) is 0 Å². The largest absolute Gasteiger partial charge is 2.00 e. The molecule has 0 amide bonds. The summed E-state index contributed by atoms with van der Waals surface area (Å²) >= 11 is 0. The standard InChI is InChI=1S/Al.Ca.2H3O4P.Zr.5H/c;;2*1-5(2,3)4;;;;;;/h;;2*(H3,1,2,3,4);;;;;;/q;+2;;;;;;;2*-1. The van der Waals surface area contributed by atoms with Crippen molar-refractivity contribution in [2.24, 2.45) is 0 Å². The van der Waals surface area contributed by atoms with Crippen molar-refractivity contribution in [1.29, 1.82) is 0 Å². The molecule has 0 atom stereocenters. The maximum Gasteiger partial charge on any atom is 2.00 e. The molecule has 0 radical (unpaired) electrons. The number of hydrogen-bond donors (Lipinski definition) is 6. The predicted octanol–water partition coefficient (Wildman–Crippen LogP) is -3.20. The number of rotatable bonds is 0. The van der Waals surface area contributed by atoms with Crippen LogP contribution in [0.2, 0.25) is 0 Å². The second-order valence-electron chi connectivity index (χ2n) is 1.03. The molecule has 0 bridgehead atoms. The first kappa shape index (κ1) is 29.7. The van der Waals surface area contributed by atoms with Gasteiger partial charge in [-0.2, -0.15) is 0 Å². The Morgan fingerprint density at radius 1 is 0.769 bits per heavy atom. The summed E-state index contributed by atoms with van der Waals surface area (Å²) in [7, 11) is -9.28. The Morgan fingerprint density at radius 3 is 0.769 bits per heavy atom. The minimum atomic E-state index is -4.64. The smallest absolute Gasteiger partial charge is 1.00 e. The number of phosphoric acid groups is 2. The molecule has 0 aliphatic carbocycles. The van der Waals surface area contributed by atoms with Gasteiger partial charge in [-0.1, -0.05) is 0 Å². The van der Waals surface area contributed by atoms with Crippen LogP contribution in [0.5, 0.6) is 0 Å². The van der Waals surface area contributed by atoms with Gasteiger partial charge in [0.05, 0.1) is 0 Å². The SMILES string of the molecule is O=P(O)(O)O.O=P(O)(O)O.[AlH3].[Ca+2].[H-].[H-].[Zr]. The topological polar surface area (TPSA) is 156 Å². The molecule has 13 heavy (non-hydrogen) atoms. The molecule has 6 N–H and O–H groups in total. The van der Waals surface area contributed by atoms with E-state index in [1.165, 1.54) is 0 Å². The molecule has 0 rings (SSSR count). The van der Waals surface area contributed by atoms with Crippen molar-refractivity contribution in [2.45, 2.75) is 0 Å². The van der Waals surface area contributed by atoms with Gasteiger partial charge in [0.2, 0.25) is 0 Å².